The lowest BCUT2D eigenvalue weighted by Gasteiger charge is -2.23. The zero-order chi connectivity index (χ0) is 17.0. The van der Waals surface area contributed by atoms with E-state index in [2.05, 4.69) is 10.5 Å². The number of rotatable bonds is 5. The summed E-state index contributed by atoms with van der Waals surface area (Å²) in [4.78, 5) is 0. The minimum Gasteiger partial charge on any atom is -0.373 e. The second kappa shape index (κ2) is 7.33. The predicted octanol–water partition coefficient (Wildman–Crippen LogP) is 5.21. The fourth-order valence-electron chi connectivity index (χ4n) is 4.23. The number of hydrogen-bond donors (Lipinski definition) is 1. The van der Waals surface area contributed by atoms with Gasteiger partial charge < -0.3 is 14.6 Å². The molecule has 0 radical (unpaired) electrons. The predicted molar refractivity (Wildman–Crippen MR) is 104 cm³/mol. The maximum atomic E-state index is 6.40. The molecule has 2 saturated carbocycles. The third-order valence-corrected chi connectivity index (χ3v) is 6.34. The van der Waals surface area contributed by atoms with E-state index >= 15 is 0 Å². The third-order valence-electron chi connectivity index (χ3n) is 5.71. The number of ether oxygens (including phenoxy) is 1. The molecule has 0 unspecified atom stereocenters. The van der Waals surface area contributed by atoms with Crippen molar-refractivity contribution in [2.45, 2.75) is 50.4 Å². The Balaban J connectivity index is 0.00000168. The van der Waals surface area contributed by atoms with Crippen molar-refractivity contribution in [3.8, 4) is 11.3 Å². The molecule has 3 aliphatic rings. The van der Waals surface area contributed by atoms with Gasteiger partial charge in [-0.05, 0) is 43.7 Å². The van der Waals surface area contributed by atoms with Crippen LogP contribution in [0.3, 0.4) is 0 Å². The van der Waals surface area contributed by atoms with Gasteiger partial charge in [0.2, 0.25) is 0 Å². The summed E-state index contributed by atoms with van der Waals surface area (Å²) in [5.74, 6) is 2.04. The SMILES string of the molecule is Cl.Clc1cccc(Cl)c1-c1noc(C2CC2)c1CO[C@H]1C[C@H]2C[C@@H]1CN2. The van der Waals surface area contributed by atoms with E-state index in [4.69, 9.17) is 32.5 Å². The number of piperidine rings is 1. The minimum absolute atomic E-state index is 0. The number of aromatic nitrogens is 1. The van der Waals surface area contributed by atoms with Gasteiger partial charge in [-0.2, -0.15) is 0 Å². The number of nitrogens with one attached hydrogen (secondary N) is 1. The summed E-state index contributed by atoms with van der Waals surface area (Å²) in [6.45, 7) is 1.58. The molecule has 1 aromatic carbocycles. The summed E-state index contributed by atoms with van der Waals surface area (Å²) in [6.07, 6.45) is 4.94. The van der Waals surface area contributed by atoms with Crippen LogP contribution in [0.2, 0.25) is 10.0 Å². The van der Waals surface area contributed by atoms with Crippen molar-refractivity contribution in [1.82, 2.24) is 10.5 Å². The van der Waals surface area contributed by atoms with Crippen LogP contribution in [-0.4, -0.2) is 23.8 Å². The van der Waals surface area contributed by atoms with E-state index < -0.39 is 0 Å². The molecule has 1 N–H and O–H groups in total. The molecule has 3 atom stereocenters. The lowest BCUT2D eigenvalue weighted by Crippen LogP contribution is -2.34. The molecule has 2 heterocycles. The summed E-state index contributed by atoms with van der Waals surface area (Å²) in [5, 5.41) is 9.03. The van der Waals surface area contributed by atoms with Crippen LogP contribution in [-0.2, 0) is 11.3 Å². The van der Waals surface area contributed by atoms with Crippen LogP contribution in [0.15, 0.2) is 22.7 Å². The summed E-state index contributed by atoms with van der Waals surface area (Å²) in [5.41, 5.74) is 2.50. The van der Waals surface area contributed by atoms with E-state index in [1.54, 1.807) is 0 Å². The highest BCUT2D eigenvalue weighted by molar-refractivity contribution is 6.39. The van der Waals surface area contributed by atoms with Gasteiger partial charge in [0.15, 0.2) is 0 Å². The largest absolute Gasteiger partial charge is 0.373 e. The molecule has 5 rings (SSSR count). The van der Waals surface area contributed by atoms with Gasteiger partial charge in [0.1, 0.15) is 11.5 Å². The molecule has 1 saturated heterocycles. The highest BCUT2D eigenvalue weighted by Crippen LogP contribution is 2.46. The Kier molecular flexibility index (Phi) is 5.23. The first kappa shape index (κ1) is 18.6. The van der Waals surface area contributed by atoms with Gasteiger partial charge in [-0.1, -0.05) is 34.4 Å². The van der Waals surface area contributed by atoms with E-state index in [9.17, 15) is 0 Å². The number of benzene rings is 1. The summed E-state index contributed by atoms with van der Waals surface area (Å²) < 4.78 is 12.0. The maximum Gasteiger partial charge on any atom is 0.145 e. The average Bonchev–Trinajstić information content (AvgIpc) is 3.03. The number of halogens is 3. The zero-order valence-electron chi connectivity index (χ0n) is 14.2. The highest BCUT2D eigenvalue weighted by Gasteiger charge is 2.41. The summed E-state index contributed by atoms with van der Waals surface area (Å²) >= 11 is 12.8. The second-order valence-corrected chi connectivity index (χ2v) is 8.25. The van der Waals surface area contributed by atoms with Crippen molar-refractivity contribution in [2.24, 2.45) is 5.92 Å². The quantitative estimate of drug-likeness (QED) is 0.728. The van der Waals surface area contributed by atoms with Gasteiger partial charge in [0.25, 0.3) is 0 Å². The van der Waals surface area contributed by atoms with Crippen LogP contribution in [0, 0.1) is 5.92 Å². The van der Waals surface area contributed by atoms with Crippen LogP contribution < -0.4 is 5.32 Å². The van der Waals surface area contributed by atoms with Gasteiger partial charge >= 0.3 is 0 Å². The highest BCUT2D eigenvalue weighted by atomic mass is 35.5. The van der Waals surface area contributed by atoms with Crippen molar-refractivity contribution in [1.29, 1.82) is 0 Å². The Morgan fingerprint density at radius 2 is 1.96 bits per heavy atom. The number of nitrogens with zero attached hydrogens (tertiary/aromatic N) is 1. The Bertz CT molecular complexity index is 786. The molecule has 3 fully saturated rings. The molecule has 26 heavy (non-hydrogen) atoms. The molecule has 7 heteroatoms. The van der Waals surface area contributed by atoms with E-state index in [0.29, 0.717) is 40.6 Å². The standard InChI is InChI=1S/C19H20Cl2N2O2.ClH/c20-14-2-1-3-15(21)17(14)18-13(19(25-23-18)10-4-5-10)9-24-16-7-12-6-11(16)8-22-12;/h1-3,10-12,16,22H,4-9H2;1H/t11-,12-,16+;/m1./s1. The molecule has 4 nitrogen and oxygen atoms in total. The average molecular weight is 416 g/mol. The van der Waals surface area contributed by atoms with Crippen molar-refractivity contribution in [3.05, 3.63) is 39.6 Å². The Morgan fingerprint density at radius 3 is 2.58 bits per heavy atom. The van der Waals surface area contributed by atoms with E-state index in [1.165, 1.54) is 6.42 Å². The monoisotopic (exact) mass is 414 g/mol. The molecular formula is C19H21Cl3N2O2. The smallest absolute Gasteiger partial charge is 0.145 e. The van der Waals surface area contributed by atoms with Crippen molar-refractivity contribution in [3.63, 3.8) is 0 Å². The van der Waals surface area contributed by atoms with Gasteiger partial charge in [-0.3, -0.25) is 0 Å². The lowest BCUT2D eigenvalue weighted by molar-refractivity contribution is 0.00914. The molecule has 0 spiro atoms. The maximum absolute atomic E-state index is 6.40. The molecule has 2 bridgehead atoms. The molecule has 1 aromatic heterocycles. The van der Waals surface area contributed by atoms with Gasteiger partial charge in [-0.25, -0.2) is 0 Å². The Hall–Kier alpha value is -0.780. The van der Waals surface area contributed by atoms with Crippen LogP contribution >= 0.6 is 35.6 Å². The first-order valence-corrected chi connectivity index (χ1v) is 9.74. The van der Waals surface area contributed by atoms with Gasteiger partial charge in [-0.15, -0.1) is 12.4 Å². The first-order valence-electron chi connectivity index (χ1n) is 8.98. The molecule has 2 aliphatic carbocycles. The molecule has 140 valence electrons. The number of hydrogen-bond acceptors (Lipinski definition) is 4. The first-order chi connectivity index (χ1) is 12.2. The lowest BCUT2D eigenvalue weighted by atomic mass is 10.0. The van der Waals surface area contributed by atoms with E-state index in [0.717, 1.165) is 48.4 Å². The van der Waals surface area contributed by atoms with Crippen LogP contribution in [0.1, 0.15) is 42.9 Å². The fraction of sp³-hybridized carbons (Fsp3) is 0.526. The summed E-state index contributed by atoms with van der Waals surface area (Å²) in [6, 6.07) is 6.13. The van der Waals surface area contributed by atoms with Gasteiger partial charge in [0.05, 0.1) is 22.8 Å². The normalized spacial score (nSPS) is 26.9. The van der Waals surface area contributed by atoms with Crippen molar-refractivity contribution >= 4 is 35.6 Å². The fourth-order valence-corrected chi connectivity index (χ4v) is 4.80. The molecule has 0 amide bonds. The topological polar surface area (TPSA) is 47.3 Å². The molecule has 1 aliphatic heterocycles. The number of fused-ring (bicyclic) bond motifs is 2. The van der Waals surface area contributed by atoms with Gasteiger partial charge in [0, 0.05) is 29.6 Å². The van der Waals surface area contributed by atoms with E-state index in [1.807, 2.05) is 18.2 Å². The van der Waals surface area contributed by atoms with Crippen molar-refractivity contribution in [2.75, 3.05) is 6.54 Å². The second-order valence-electron chi connectivity index (χ2n) is 7.43. The summed E-state index contributed by atoms with van der Waals surface area (Å²) in [7, 11) is 0. The van der Waals surface area contributed by atoms with Crippen LogP contribution in [0.4, 0.5) is 0 Å². The molecule has 2 aromatic rings. The zero-order valence-corrected chi connectivity index (χ0v) is 16.5. The third kappa shape index (κ3) is 3.27. The Morgan fingerprint density at radius 1 is 1.19 bits per heavy atom. The van der Waals surface area contributed by atoms with Crippen molar-refractivity contribution < 1.29 is 9.26 Å². The van der Waals surface area contributed by atoms with Crippen LogP contribution in [0.25, 0.3) is 11.3 Å². The molecular weight excluding hydrogens is 395 g/mol. The van der Waals surface area contributed by atoms with E-state index in [-0.39, 0.29) is 12.4 Å². The minimum atomic E-state index is 0. The Labute approximate surface area is 169 Å². The van der Waals surface area contributed by atoms with Crippen LogP contribution in [0.5, 0.6) is 0 Å².